The molecule has 1 N–H and O–H groups in total. The smallest absolute Gasteiger partial charge is 0.246 e. The molecule has 0 saturated heterocycles. The van der Waals surface area contributed by atoms with E-state index < -0.39 is 0 Å². The molecule has 0 bridgehead atoms. The van der Waals surface area contributed by atoms with Gasteiger partial charge >= 0.3 is 0 Å². The number of carbonyl (C=O) groups excluding carboxylic acids is 1. The highest BCUT2D eigenvalue weighted by Gasteiger charge is 2.08. The Balaban J connectivity index is 2.05. The summed E-state index contributed by atoms with van der Waals surface area (Å²) in [7, 11) is 1.76. The average Bonchev–Trinajstić information content (AvgIpc) is 2.80. The van der Waals surface area contributed by atoms with Gasteiger partial charge in [0, 0.05) is 13.1 Å². The molecule has 19 heavy (non-hydrogen) atoms. The van der Waals surface area contributed by atoms with Crippen molar-refractivity contribution in [3.63, 3.8) is 0 Å². The minimum atomic E-state index is -0.0430. The number of allylic oxidation sites excluding steroid dienone is 3. The third-order valence-electron chi connectivity index (χ3n) is 2.74. The van der Waals surface area contributed by atoms with Crippen LogP contribution in [-0.2, 0) is 11.3 Å². The van der Waals surface area contributed by atoms with Gasteiger partial charge in [-0.25, -0.2) is 4.98 Å². The molecule has 0 aliphatic rings. The van der Waals surface area contributed by atoms with Gasteiger partial charge in [0.2, 0.25) is 5.91 Å². The van der Waals surface area contributed by atoms with Gasteiger partial charge in [0.1, 0.15) is 5.82 Å². The van der Waals surface area contributed by atoms with Crippen molar-refractivity contribution in [2.24, 2.45) is 0 Å². The summed E-state index contributed by atoms with van der Waals surface area (Å²) in [6.07, 6.45) is 6.98. The van der Waals surface area contributed by atoms with Crippen molar-refractivity contribution in [2.45, 2.75) is 13.5 Å². The predicted octanol–water partition coefficient (Wildman–Crippen LogP) is 2.65. The van der Waals surface area contributed by atoms with Crippen LogP contribution in [0, 0.1) is 0 Å². The van der Waals surface area contributed by atoms with Gasteiger partial charge in [0.25, 0.3) is 0 Å². The number of para-hydroxylation sites is 2. The number of aromatic amines is 1. The lowest BCUT2D eigenvalue weighted by molar-refractivity contribution is -0.125. The van der Waals surface area contributed by atoms with Crippen LogP contribution in [0.3, 0.4) is 0 Å². The zero-order valence-electron chi connectivity index (χ0n) is 11.1. The second-order valence-electron chi connectivity index (χ2n) is 4.28. The van der Waals surface area contributed by atoms with E-state index in [2.05, 4.69) is 9.97 Å². The molecule has 2 aromatic rings. The standard InChI is InChI=1S/C15H17N3O/c1-3-4-5-10-15(19)18(2)11-14-16-12-8-6-7-9-13(12)17-14/h3-10H,11H2,1-2H3,(H,16,17)/b4-3+,10-5-. The number of nitrogens with zero attached hydrogens (tertiary/aromatic N) is 2. The van der Waals surface area contributed by atoms with Gasteiger partial charge in [0.15, 0.2) is 0 Å². The Hall–Kier alpha value is -2.36. The third kappa shape index (κ3) is 3.31. The first-order valence-corrected chi connectivity index (χ1v) is 6.19. The molecule has 0 spiro atoms. The van der Waals surface area contributed by atoms with E-state index in [1.807, 2.05) is 43.3 Å². The molecule has 0 unspecified atom stereocenters. The van der Waals surface area contributed by atoms with Crippen LogP contribution in [0.2, 0.25) is 0 Å². The van der Waals surface area contributed by atoms with Crippen LogP contribution < -0.4 is 0 Å². The number of rotatable bonds is 4. The first kappa shape index (κ1) is 13.1. The number of hydrogen-bond acceptors (Lipinski definition) is 2. The Morgan fingerprint density at radius 2 is 2.16 bits per heavy atom. The molecule has 4 heteroatoms. The summed E-state index contributed by atoms with van der Waals surface area (Å²) in [6, 6.07) is 7.82. The van der Waals surface area contributed by atoms with E-state index in [0.717, 1.165) is 16.9 Å². The second-order valence-corrected chi connectivity index (χ2v) is 4.28. The first-order chi connectivity index (χ1) is 9.20. The van der Waals surface area contributed by atoms with Crippen LogP contribution in [0.15, 0.2) is 48.6 Å². The summed E-state index contributed by atoms with van der Waals surface area (Å²) in [4.78, 5) is 21.1. The monoisotopic (exact) mass is 255 g/mol. The summed E-state index contributed by atoms with van der Waals surface area (Å²) in [5.41, 5.74) is 1.91. The lowest BCUT2D eigenvalue weighted by Gasteiger charge is -2.12. The topological polar surface area (TPSA) is 49.0 Å². The Morgan fingerprint density at radius 1 is 1.37 bits per heavy atom. The number of amides is 1. The summed E-state index contributed by atoms with van der Waals surface area (Å²) in [6.45, 7) is 2.38. The number of hydrogen-bond donors (Lipinski definition) is 1. The maximum Gasteiger partial charge on any atom is 0.246 e. The molecule has 2 rings (SSSR count). The molecular formula is C15H17N3O. The fourth-order valence-electron chi connectivity index (χ4n) is 1.76. The average molecular weight is 255 g/mol. The van der Waals surface area contributed by atoms with Crippen LogP contribution in [0.5, 0.6) is 0 Å². The van der Waals surface area contributed by atoms with Gasteiger partial charge in [0.05, 0.1) is 17.6 Å². The normalized spacial score (nSPS) is 11.7. The first-order valence-electron chi connectivity index (χ1n) is 6.19. The number of aromatic nitrogens is 2. The largest absolute Gasteiger partial charge is 0.340 e. The van der Waals surface area contributed by atoms with E-state index in [1.165, 1.54) is 0 Å². The zero-order valence-corrected chi connectivity index (χ0v) is 11.1. The lowest BCUT2D eigenvalue weighted by Crippen LogP contribution is -2.24. The third-order valence-corrected chi connectivity index (χ3v) is 2.74. The van der Waals surface area contributed by atoms with Crippen molar-refractivity contribution in [3.8, 4) is 0 Å². The van der Waals surface area contributed by atoms with E-state index in [1.54, 1.807) is 24.1 Å². The molecule has 1 aromatic heterocycles. The van der Waals surface area contributed by atoms with E-state index in [4.69, 9.17) is 0 Å². The van der Waals surface area contributed by atoms with Crippen molar-refractivity contribution < 1.29 is 4.79 Å². The van der Waals surface area contributed by atoms with Crippen LogP contribution in [-0.4, -0.2) is 27.8 Å². The Bertz CT molecular complexity index is 592. The number of nitrogens with one attached hydrogen (secondary N) is 1. The van der Waals surface area contributed by atoms with Crippen LogP contribution in [0.25, 0.3) is 11.0 Å². The highest BCUT2D eigenvalue weighted by atomic mass is 16.2. The van der Waals surface area contributed by atoms with Gasteiger partial charge in [-0.3, -0.25) is 4.79 Å². The highest BCUT2D eigenvalue weighted by molar-refractivity contribution is 5.87. The van der Waals surface area contributed by atoms with Crippen LogP contribution in [0.1, 0.15) is 12.7 Å². The second kappa shape index (κ2) is 6.00. The summed E-state index contributed by atoms with van der Waals surface area (Å²) in [5, 5.41) is 0. The molecule has 0 saturated carbocycles. The quantitative estimate of drug-likeness (QED) is 0.674. The van der Waals surface area contributed by atoms with Gasteiger partial charge in [-0.05, 0) is 19.1 Å². The lowest BCUT2D eigenvalue weighted by atomic mass is 10.3. The molecule has 0 radical (unpaired) electrons. The fourth-order valence-corrected chi connectivity index (χ4v) is 1.76. The molecule has 0 aliphatic heterocycles. The molecule has 0 atom stereocenters. The van der Waals surface area contributed by atoms with E-state index >= 15 is 0 Å². The molecule has 4 nitrogen and oxygen atoms in total. The fraction of sp³-hybridized carbons (Fsp3) is 0.200. The van der Waals surface area contributed by atoms with Gasteiger partial charge in [-0.2, -0.15) is 0 Å². The minimum absolute atomic E-state index is 0.0430. The number of carbonyl (C=O) groups is 1. The number of imidazole rings is 1. The maximum atomic E-state index is 11.8. The summed E-state index contributed by atoms with van der Waals surface area (Å²) in [5.74, 6) is 0.745. The van der Waals surface area contributed by atoms with Crippen molar-refractivity contribution in [3.05, 3.63) is 54.4 Å². The van der Waals surface area contributed by atoms with Crippen LogP contribution >= 0.6 is 0 Å². The van der Waals surface area contributed by atoms with E-state index in [9.17, 15) is 4.79 Å². The van der Waals surface area contributed by atoms with Gasteiger partial charge in [-0.15, -0.1) is 0 Å². The van der Waals surface area contributed by atoms with Gasteiger partial charge < -0.3 is 9.88 Å². The molecule has 98 valence electrons. The molecule has 0 fully saturated rings. The number of benzene rings is 1. The summed E-state index contributed by atoms with van der Waals surface area (Å²) < 4.78 is 0. The number of fused-ring (bicyclic) bond motifs is 1. The van der Waals surface area contributed by atoms with Crippen molar-refractivity contribution in [1.29, 1.82) is 0 Å². The number of likely N-dealkylation sites (N-methyl/N-ethyl adjacent to an activating group) is 1. The summed E-state index contributed by atoms with van der Waals surface area (Å²) >= 11 is 0. The number of H-pyrrole nitrogens is 1. The molecule has 1 heterocycles. The van der Waals surface area contributed by atoms with E-state index in [-0.39, 0.29) is 5.91 Å². The Kier molecular flexibility index (Phi) is 4.13. The Labute approximate surface area is 112 Å². The van der Waals surface area contributed by atoms with Crippen molar-refractivity contribution in [1.82, 2.24) is 14.9 Å². The maximum absolute atomic E-state index is 11.8. The molecule has 0 aliphatic carbocycles. The van der Waals surface area contributed by atoms with Crippen LogP contribution in [0.4, 0.5) is 0 Å². The molecular weight excluding hydrogens is 238 g/mol. The zero-order chi connectivity index (χ0) is 13.7. The van der Waals surface area contributed by atoms with E-state index in [0.29, 0.717) is 6.54 Å². The molecule has 1 amide bonds. The minimum Gasteiger partial charge on any atom is -0.340 e. The highest BCUT2D eigenvalue weighted by Crippen LogP contribution is 2.11. The predicted molar refractivity (Wildman–Crippen MR) is 76.5 cm³/mol. The van der Waals surface area contributed by atoms with Crippen molar-refractivity contribution in [2.75, 3.05) is 7.05 Å². The van der Waals surface area contributed by atoms with Gasteiger partial charge in [-0.1, -0.05) is 30.4 Å². The Morgan fingerprint density at radius 3 is 2.89 bits per heavy atom. The van der Waals surface area contributed by atoms with Crippen molar-refractivity contribution >= 4 is 16.9 Å². The SMILES string of the molecule is C/C=C/C=C\C(=O)N(C)Cc1nc2ccccc2[nH]1. The molecule has 1 aromatic carbocycles.